The predicted molar refractivity (Wildman–Crippen MR) is 63.5 cm³/mol. The van der Waals surface area contributed by atoms with Crippen LogP contribution in [0.3, 0.4) is 0 Å². The highest BCUT2D eigenvalue weighted by molar-refractivity contribution is 4.82. The molecule has 0 aliphatic carbocycles. The summed E-state index contributed by atoms with van der Waals surface area (Å²) in [6.45, 7) is 11.3. The average molecular weight is 231 g/mol. The van der Waals surface area contributed by atoms with Crippen molar-refractivity contribution in [1.82, 2.24) is 5.32 Å². The molecule has 0 saturated carbocycles. The Morgan fingerprint density at radius 3 is 2.31 bits per heavy atom. The highest BCUT2D eigenvalue weighted by Crippen LogP contribution is 2.24. The maximum Gasteiger partial charge on any atom is 0.158 e. The van der Waals surface area contributed by atoms with E-state index < -0.39 is 0 Å². The van der Waals surface area contributed by atoms with E-state index in [2.05, 4.69) is 12.2 Å². The van der Waals surface area contributed by atoms with Gasteiger partial charge in [-0.25, -0.2) is 0 Å². The van der Waals surface area contributed by atoms with E-state index in [1.165, 1.54) is 0 Å². The Morgan fingerprint density at radius 1 is 1.25 bits per heavy atom. The molecule has 0 aromatic rings. The van der Waals surface area contributed by atoms with Crippen LogP contribution in [0, 0.1) is 5.41 Å². The zero-order valence-corrected chi connectivity index (χ0v) is 10.8. The van der Waals surface area contributed by atoms with Crippen molar-refractivity contribution < 1.29 is 14.2 Å². The molecule has 4 nitrogen and oxygen atoms in total. The first kappa shape index (κ1) is 13.9. The summed E-state index contributed by atoms with van der Waals surface area (Å²) in [6, 6.07) is 0. The van der Waals surface area contributed by atoms with Gasteiger partial charge in [-0.2, -0.15) is 0 Å². The molecule has 0 aromatic heterocycles. The van der Waals surface area contributed by atoms with Crippen LogP contribution in [0.2, 0.25) is 0 Å². The Labute approximate surface area is 98.6 Å². The summed E-state index contributed by atoms with van der Waals surface area (Å²) in [5.74, 6) is 0. The Morgan fingerprint density at radius 2 is 1.88 bits per heavy atom. The molecular formula is C12H25NO3. The van der Waals surface area contributed by atoms with Gasteiger partial charge in [0, 0.05) is 31.6 Å². The topological polar surface area (TPSA) is 39.7 Å². The zero-order chi connectivity index (χ0) is 11.9. The predicted octanol–water partition coefficient (Wildman–Crippen LogP) is 1.40. The molecule has 1 N–H and O–H groups in total. The molecule has 16 heavy (non-hydrogen) atoms. The van der Waals surface area contributed by atoms with Crippen LogP contribution >= 0.6 is 0 Å². The average Bonchev–Trinajstić information content (AvgIpc) is 2.22. The second-order valence-corrected chi connectivity index (χ2v) is 4.61. The van der Waals surface area contributed by atoms with Crippen LogP contribution in [0.25, 0.3) is 0 Å². The van der Waals surface area contributed by atoms with Crippen LogP contribution in [0.5, 0.6) is 0 Å². The zero-order valence-electron chi connectivity index (χ0n) is 10.8. The number of rotatable bonds is 9. The number of nitrogens with one attached hydrogen (secondary N) is 1. The molecule has 1 fully saturated rings. The monoisotopic (exact) mass is 231 g/mol. The molecule has 0 aromatic carbocycles. The first-order chi connectivity index (χ1) is 7.70. The number of hydrogen-bond acceptors (Lipinski definition) is 4. The molecule has 0 unspecified atom stereocenters. The Balaban J connectivity index is 2.03. The third kappa shape index (κ3) is 4.78. The first-order valence-electron chi connectivity index (χ1n) is 6.22. The van der Waals surface area contributed by atoms with Crippen molar-refractivity contribution in [2.45, 2.75) is 33.5 Å². The van der Waals surface area contributed by atoms with Crippen molar-refractivity contribution >= 4 is 0 Å². The van der Waals surface area contributed by atoms with Gasteiger partial charge in [0.15, 0.2) is 6.29 Å². The fourth-order valence-electron chi connectivity index (χ4n) is 1.75. The molecule has 0 bridgehead atoms. The third-order valence-corrected chi connectivity index (χ3v) is 2.71. The van der Waals surface area contributed by atoms with Crippen molar-refractivity contribution in [3.05, 3.63) is 0 Å². The van der Waals surface area contributed by atoms with E-state index in [9.17, 15) is 0 Å². The lowest BCUT2D eigenvalue weighted by molar-refractivity contribution is -0.139. The van der Waals surface area contributed by atoms with Gasteiger partial charge < -0.3 is 19.5 Å². The molecule has 0 atom stereocenters. The summed E-state index contributed by atoms with van der Waals surface area (Å²) < 4.78 is 16.1. The van der Waals surface area contributed by atoms with E-state index >= 15 is 0 Å². The van der Waals surface area contributed by atoms with Crippen LogP contribution in [-0.4, -0.2) is 45.8 Å². The van der Waals surface area contributed by atoms with E-state index in [4.69, 9.17) is 14.2 Å². The molecule has 0 amide bonds. The van der Waals surface area contributed by atoms with Gasteiger partial charge in [-0.1, -0.05) is 6.92 Å². The molecule has 1 heterocycles. The lowest BCUT2D eigenvalue weighted by Crippen LogP contribution is -2.47. The second kappa shape index (κ2) is 7.22. The summed E-state index contributed by atoms with van der Waals surface area (Å²) in [7, 11) is 0. The minimum Gasteiger partial charge on any atom is -0.380 e. The van der Waals surface area contributed by atoms with Crippen LogP contribution in [0.1, 0.15) is 27.2 Å². The minimum atomic E-state index is -0.0621. The van der Waals surface area contributed by atoms with Crippen molar-refractivity contribution in [1.29, 1.82) is 0 Å². The van der Waals surface area contributed by atoms with Gasteiger partial charge in [0.05, 0.1) is 13.2 Å². The summed E-state index contributed by atoms with van der Waals surface area (Å²) in [5.41, 5.74) is 0.340. The van der Waals surface area contributed by atoms with Gasteiger partial charge in [0.2, 0.25) is 0 Å². The van der Waals surface area contributed by atoms with Crippen molar-refractivity contribution in [2.24, 2.45) is 5.41 Å². The largest absolute Gasteiger partial charge is 0.380 e. The molecule has 0 radical (unpaired) electrons. The molecule has 0 spiro atoms. The maximum absolute atomic E-state index is 5.47. The lowest BCUT2D eigenvalue weighted by atomic mass is 9.89. The van der Waals surface area contributed by atoms with E-state index in [1.807, 2.05) is 13.8 Å². The number of ether oxygens (including phenoxy) is 3. The summed E-state index contributed by atoms with van der Waals surface area (Å²) in [4.78, 5) is 0. The van der Waals surface area contributed by atoms with Gasteiger partial charge in [0.25, 0.3) is 0 Å². The van der Waals surface area contributed by atoms with Gasteiger partial charge in [-0.3, -0.25) is 0 Å². The van der Waals surface area contributed by atoms with Gasteiger partial charge >= 0.3 is 0 Å². The van der Waals surface area contributed by atoms with Crippen LogP contribution in [0.4, 0.5) is 0 Å². The van der Waals surface area contributed by atoms with Crippen molar-refractivity contribution in [2.75, 3.05) is 39.5 Å². The fraction of sp³-hybridized carbons (Fsp3) is 1.00. The highest BCUT2D eigenvalue weighted by atomic mass is 16.7. The first-order valence-corrected chi connectivity index (χ1v) is 6.22. The summed E-state index contributed by atoms with van der Waals surface area (Å²) in [6.07, 6.45) is 0.839. The molecule has 96 valence electrons. The third-order valence-electron chi connectivity index (χ3n) is 2.71. The standard InChI is InChI=1S/C12H25NO3/c1-4-15-11(16-5-2)6-7-13-8-12(3)9-14-10-12/h11,13H,4-10H2,1-3H3. The van der Waals surface area contributed by atoms with Crippen molar-refractivity contribution in [3.63, 3.8) is 0 Å². The Kier molecular flexibility index (Phi) is 6.28. The highest BCUT2D eigenvalue weighted by Gasteiger charge is 2.32. The minimum absolute atomic E-state index is 0.0621. The molecule has 1 rings (SSSR count). The second-order valence-electron chi connectivity index (χ2n) is 4.61. The van der Waals surface area contributed by atoms with Crippen LogP contribution < -0.4 is 5.32 Å². The summed E-state index contributed by atoms with van der Waals surface area (Å²) in [5, 5.41) is 3.44. The van der Waals surface area contributed by atoms with E-state index in [0.717, 1.165) is 32.7 Å². The normalized spacial score (nSPS) is 18.8. The van der Waals surface area contributed by atoms with Gasteiger partial charge in [-0.05, 0) is 20.4 Å². The number of hydrogen-bond donors (Lipinski definition) is 1. The fourth-order valence-corrected chi connectivity index (χ4v) is 1.75. The molecular weight excluding hydrogens is 206 g/mol. The maximum atomic E-state index is 5.47. The Hall–Kier alpha value is -0.160. The molecule has 1 aliphatic rings. The summed E-state index contributed by atoms with van der Waals surface area (Å²) >= 11 is 0. The SMILES string of the molecule is CCOC(CCNCC1(C)COC1)OCC. The quantitative estimate of drug-likeness (QED) is 0.481. The molecule has 4 heteroatoms. The smallest absolute Gasteiger partial charge is 0.158 e. The van der Waals surface area contributed by atoms with Crippen LogP contribution in [-0.2, 0) is 14.2 Å². The van der Waals surface area contributed by atoms with E-state index in [1.54, 1.807) is 0 Å². The molecule has 1 aliphatic heterocycles. The van der Waals surface area contributed by atoms with Crippen LogP contribution in [0.15, 0.2) is 0 Å². The van der Waals surface area contributed by atoms with Gasteiger partial charge in [-0.15, -0.1) is 0 Å². The van der Waals surface area contributed by atoms with E-state index in [-0.39, 0.29) is 6.29 Å². The Bertz CT molecular complexity index is 177. The van der Waals surface area contributed by atoms with Crippen molar-refractivity contribution in [3.8, 4) is 0 Å². The lowest BCUT2D eigenvalue weighted by Gasteiger charge is -2.38. The molecule has 1 saturated heterocycles. The van der Waals surface area contributed by atoms with Gasteiger partial charge in [0.1, 0.15) is 0 Å². The van der Waals surface area contributed by atoms with E-state index in [0.29, 0.717) is 18.6 Å².